The van der Waals surface area contributed by atoms with E-state index in [2.05, 4.69) is 4.98 Å². The lowest BCUT2D eigenvalue weighted by Crippen LogP contribution is -2.06. The summed E-state index contributed by atoms with van der Waals surface area (Å²) in [6.45, 7) is 0. The van der Waals surface area contributed by atoms with Crippen LogP contribution in [0.15, 0.2) is 77.8 Å². The summed E-state index contributed by atoms with van der Waals surface area (Å²) in [4.78, 5) is 4.00. The van der Waals surface area contributed by atoms with Gasteiger partial charge in [-0.25, -0.2) is 8.42 Å². The van der Waals surface area contributed by atoms with Crippen LogP contribution in [0.4, 0.5) is 13.2 Å². The molecule has 0 atom stereocenters. The number of alkyl halides is 3. The second-order valence-corrected chi connectivity index (χ2v) is 9.45. The van der Waals surface area contributed by atoms with Gasteiger partial charge in [-0.1, -0.05) is 48.0 Å². The van der Waals surface area contributed by atoms with E-state index in [1.54, 1.807) is 36.4 Å². The molecule has 4 aromatic rings. The summed E-state index contributed by atoms with van der Waals surface area (Å²) < 4.78 is 63.8. The van der Waals surface area contributed by atoms with E-state index in [1.807, 2.05) is 12.1 Å². The van der Waals surface area contributed by atoms with Gasteiger partial charge < -0.3 is 0 Å². The first-order valence-corrected chi connectivity index (χ1v) is 11.4. The molecule has 0 radical (unpaired) electrons. The lowest BCUT2D eigenvalue weighted by atomic mass is 9.96. The number of fused-ring (bicyclic) bond motifs is 1. The van der Waals surface area contributed by atoms with E-state index in [-0.39, 0.29) is 15.4 Å². The second kappa shape index (κ2) is 7.66. The van der Waals surface area contributed by atoms with Gasteiger partial charge in [-0.15, -0.1) is 0 Å². The van der Waals surface area contributed by atoms with E-state index in [0.717, 1.165) is 17.9 Å². The molecule has 3 nitrogen and oxygen atoms in total. The standard InChI is InChI=1S/C23H15ClF3NO2S/c1-31(29,30)21-9-8-15(13-20(21)24)14-4-2-5-16(12-14)17-10-11-28-22-18(17)6-3-7-19(22)23(25,26)27/h2-13H,1H3. The maximum atomic E-state index is 13.4. The fourth-order valence-electron chi connectivity index (χ4n) is 3.50. The maximum Gasteiger partial charge on any atom is 0.418 e. The Bertz CT molecular complexity index is 1420. The number of para-hydroxylation sites is 1. The van der Waals surface area contributed by atoms with E-state index >= 15 is 0 Å². The third-order valence-electron chi connectivity index (χ3n) is 4.91. The van der Waals surface area contributed by atoms with E-state index < -0.39 is 21.6 Å². The zero-order chi connectivity index (χ0) is 22.4. The van der Waals surface area contributed by atoms with Gasteiger partial charge in [0.2, 0.25) is 0 Å². The van der Waals surface area contributed by atoms with Crippen LogP contribution in [-0.2, 0) is 16.0 Å². The topological polar surface area (TPSA) is 47.0 Å². The van der Waals surface area contributed by atoms with Crippen LogP contribution < -0.4 is 0 Å². The molecule has 31 heavy (non-hydrogen) atoms. The van der Waals surface area contributed by atoms with Gasteiger partial charge in [-0.05, 0) is 52.6 Å². The fourth-order valence-corrected chi connectivity index (χ4v) is 4.83. The van der Waals surface area contributed by atoms with E-state index in [0.29, 0.717) is 22.1 Å². The quantitative estimate of drug-likeness (QED) is 0.343. The highest BCUT2D eigenvalue weighted by molar-refractivity contribution is 7.90. The van der Waals surface area contributed by atoms with Crippen molar-refractivity contribution in [2.45, 2.75) is 11.1 Å². The van der Waals surface area contributed by atoms with Crippen LogP contribution in [-0.4, -0.2) is 19.7 Å². The smallest absolute Gasteiger partial charge is 0.256 e. The third kappa shape index (κ3) is 4.16. The minimum Gasteiger partial charge on any atom is -0.256 e. The molecule has 0 aliphatic rings. The van der Waals surface area contributed by atoms with Gasteiger partial charge >= 0.3 is 6.18 Å². The Morgan fingerprint density at radius 2 is 1.55 bits per heavy atom. The SMILES string of the molecule is CS(=O)(=O)c1ccc(-c2cccc(-c3ccnc4c(C(F)(F)F)cccc34)c2)cc1Cl. The van der Waals surface area contributed by atoms with Gasteiger partial charge in [0, 0.05) is 17.8 Å². The molecule has 1 aromatic heterocycles. The van der Waals surface area contributed by atoms with Gasteiger partial charge in [0.15, 0.2) is 9.84 Å². The first-order valence-electron chi connectivity index (χ1n) is 9.11. The predicted molar refractivity (Wildman–Crippen MR) is 116 cm³/mol. The van der Waals surface area contributed by atoms with Crippen LogP contribution in [0.3, 0.4) is 0 Å². The molecule has 0 spiro atoms. The summed E-state index contributed by atoms with van der Waals surface area (Å²) in [6.07, 6.45) is -2.07. The molecule has 158 valence electrons. The van der Waals surface area contributed by atoms with Crippen molar-refractivity contribution in [1.82, 2.24) is 4.98 Å². The number of halogens is 4. The summed E-state index contributed by atoms with van der Waals surface area (Å²) in [6, 6.07) is 17.5. The van der Waals surface area contributed by atoms with Crippen molar-refractivity contribution in [2.75, 3.05) is 6.26 Å². The van der Waals surface area contributed by atoms with Crippen molar-refractivity contribution in [1.29, 1.82) is 0 Å². The van der Waals surface area contributed by atoms with Gasteiger partial charge in [-0.3, -0.25) is 4.98 Å². The number of hydrogen-bond acceptors (Lipinski definition) is 3. The highest BCUT2D eigenvalue weighted by Gasteiger charge is 2.33. The lowest BCUT2D eigenvalue weighted by Gasteiger charge is -2.13. The normalized spacial score (nSPS) is 12.3. The van der Waals surface area contributed by atoms with Crippen LogP contribution >= 0.6 is 11.6 Å². The Morgan fingerprint density at radius 3 is 2.23 bits per heavy atom. The first kappa shape index (κ1) is 21.3. The third-order valence-corrected chi connectivity index (χ3v) is 6.49. The Kier molecular flexibility index (Phi) is 5.27. The minimum atomic E-state index is -4.51. The van der Waals surface area contributed by atoms with Crippen LogP contribution in [0, 0.1) is 0 Å². The van der Waals surface area contributed by atoms with Gasteiger partial charge in [0.1, 0.15) is 0 Å². The summed E-state index contributed by atoms with van der Waals surface area (Å²) in [5.41, 5.74) is 1.85. The molecule has 0 bridgehead atoms. The highest BCUT2D eigenvalue weighted by atomic mass is 35.5. The van der Waals surface area contributed by atoms with E-state index in [4.69, 9.17) is 11.6 Å². The maximum absolute atomic E-state index is 13.4. The molecule has 0 aliphatic heterocycles. The predicted octanol–water partition coefficient (Wildman–Crippen LogP) is 6.64. The molecule has 0 aliphatic carbocycles. The molecular formula is C23H15ClF3NO2S. The lowest BCUT2D eigenvalue weighted by molar-refractivity contribution is -0.136. The molecule has 0 N–H and O–H groups in total. The molecule has 8 heteroatoms. The van der Waals surface area contributed by atoms with Crippen molar-refractivity contribution in [2.24, 2.45) is 0 Å². The second-order valence-electron chi connectivity index (χ2n) is 7.06. The molecule has 0 fully saturated rings. The van der Waals surface area contributed by atoms with Crippen molar-refractivity contribution in [3.05, 3.63) is 83.5 Å². The molecule has 3 aromatic carbocycles. The van der Waals surface area contributed by atoms with Gasteiger partial charge in [-0.2, -0.15) is 13.2 Å². The summed E-state index contributed by atoms with van der Waals surface area (Å²) in [7, 11) is -3.45. The zero-order valence-corrected chi connectivity index (χ0v) is 17.7. The van der Waals surface area contributed by atoms with E-state index in [1.165, 1.54) is 18.3 Å². The monoisotopic (exact) mass is 461 g/mol. The molecular weight excluding hydrogens is 447 g/mol. The zero-order valence-electron chi connectivity index (χ0n) is 16.1. The molecule has 0 saturated heterocycles. The number of benzene rings is 3. The Balaban J connectivity index is 1.85. The molecule has 0 saturated carbocycles. The average Bonchev–Trinajstić information content (AvgIpc) is 2.71. The van der Waals surface area contributed by atoms with E-state index in [9.17, 15) is 21.6 Å². The number of pyridine rings is 1. The largest absolute Gasteiger partial charge is 0.418 e. The molecule has 1 heterocycles. The van der Waals surface area contributed by atoms with Crippen LogP contribution in [0.5, 0.6) is 0 Å². The van der Waals surface area contributed by atoms with Gasteiger partial charge in [0.05, 0.1) is 21.0 Å². The number of nitrogens with zero attached hydrogens (tertiary/aromatic N) is 1. The summed E-state index contributed by atoms with van der Waals surface area (Å²) in [5, 5.41) is 0.495. The Morgan fingerprint density at radius 1 is 0.871 bits per heavy atom. The Labute approximate surface area is 182 Å². The Hall–Kier alpha value is -2.90. The van der Waals surface area contributed by atoms with Crippen LogP contribution in [0.2, 0.25) is 5.02 Å². The number of sulfone groups is 1. The van der Waals surface area contributed by atoms with Crippen molar-refractivity contribution in [3.63, 3.8) is 0 Å². The van der Waals surface area contributed by atoms with Crippen molar-refractivity contribution in [3.8, 4) is 22.3 Å². The number of hydrogen-bond donors (Lipinski definition) is 0. The van der Waals surface area contributed by atoms with Crippen LogP contribution in [0.25, 0.3) is 33.2 Å². The van der Waals surface area contributed by atoms with Crippen molar-refractivity contribution >= 4 is 32.3 Å². The molecule has 0 amide bonds. The number of aromatic nitrogens is 1. The fraction of sp³-hybridized carbons (Fsp3) is 0.0870. The van der Waals surface area contributed by atoms with Crippen LogP contribution in [0.1, 0.15) is 5.56 Å². The highest BCUT2D eigenvalue weighted by Crippen LogP contribution is 2.38. The minimum absolute atomic E-state index is 0.0360. The average molecular weight is 462 g/mol. The molecule has 0 unspecified atom stereocenters. The number of rotatable bonds is 3. The van der Waals surface area contributed by atoms with Gasteiger partial charge in [0.25, 0.3) is 0 Å². The molecule has 4 rings (SSSR count). The summed E-state index contributed by atoms with van der Waals surface area (Å²) in [5.74, 6) is 0. The first-order chi connectivity index (χ1) is 14.6. The summed E-state index contributed by atoms with van der Waals surface area (Å²) >= 11 is 6.16. The van der Waals surface area contributed by atoms with Crippen molar-refractivity contribution < 1.29 is 21.6 Å².